The van der Waals surface area contributed by atoms with E-state index in [1.807, 2.05) is 19.9 Å². The molecule has 1 aromatic carbocycles. The summed E-state index contributed by atoms with van der Waals surface area (Å²) in [5.41, 5.74) is 1.45. The highest BCUT2D eigenvalue weighted by Gasteiger charge is 2.16. The minimum absolute atomic E-state index is 0.450. The van der Waals surface area contributed by atoms with Crippen LogP contribution in [0.15, 0.2) is 18.2 Å². The molecule has 0 atom stereocenters. The quantitative estimate of drug-likeness (QED) is 0.882. The van der Waals surface area contributed by atoms with Crippen LogP contribution in [0.3, 0.4) is 0 Å². The molecule has 0 aliphatic carbocycles. The van der Waals surface area contributed by atoms with Gasteiger partial charge in [0.2, 0.25) is 10.0 Å². The van der Waals surface area contributed by atoms with E-state index in [9.17, 15) is 8.42 Å². The van der Waals surface area contributed by atoms with Gasteiger partial charge in [-0.05, 0) is 51.5 Å². The summed E-state index contributed by atoms with van der Waals surface area (Å²) in [6.07, 6.45) is 0. The SMILES string of the molecule is CCOc1ccc(NS(=O)(=O)C(C)C)c(C)c1. The molecule has 1 aromatic rings. The van der Waals surface area contributed by atoms with Crippen molar-refractivity contribution in [1.82, 2.24) is 0 Å². The van der Waals surface area contributed by atoms with Crippen LogP contribution in [0.5, 0.6) is 5.75 Å². The molecule has 0 saturated carbocycles. The second-order valence-electron chi connectivity index (χ2n) is 4.11. The van der Waals surface area contributed by atoms with Gasteiger partial charge in [0.25, 0.3) is 0 Å². The van der Waals surface area contributed by atoms with Crippen LogP contribution < -0.4 is 9.46 Å². The zero-order chi connectivity index (χ0) is 13.1. The molecule has 0 amide bonds. The van der Waals surface area contributed by atoms with Crippen LogP contribution in [0.25, 0.3) is 0 Å². The highest BCUT2D eigenvalue weighted by atomic mass is 32.2. The number of sulfonamides is 1. The monoisotopic (exact) mass is 257 g/mol. The Morgan fingerprint density at radius 2 is 2.00 bits per heavy atom. The topological polar surface area (TPSA) is 55.4 Å². The van der Waals surface area contributed by atoms with E-state index in [4.69, 9.17) is 4.74 Å². The second kappa shape index (κ2) is 5.40. The Morgan fingerprint density at radius 3 is 2.47 bits per heavy atom. The lowest BCUT2D eigenvalue weighted by atomic mass is 10.2. The zero-order valence-corrected chi connectivity index (χ0v) is 11.5. The third-order valence-electron chi connectivity index (χ3n) is 2.38. The molecule has 0 fully saturated rings. The summed E-state index contributed by atoms with van der Waals surface area (Å²) in [4.78, 5) is 0. The van der Waals surface area contributed by atoms with Gasteiger partial charge in [-0.2, -0.15) is 0 Å². The van der Waals surface area contributed by atoms with Crippen molar-refractivity contribution >= 4 is 15.7 Å². The van der Waals surface area contributed by atoms with Gasteiger partial charge in [0.05, 0.1) is 17.5 Å². The van der Waals surface area contributed by atoms with Crippen LogP contribution in [0.1, 0.15) is 26.3 Å². The number of ether oxygens (including phenoxy) is 1. The van der Waals surface area contributed by atoms with Crippen LogP contribution >= 0.6 is 0 Å². The largest absolute Gasteiger partial charge is 0.494 e. The number of anilines is 1. The second-order valence-corrected chi connectivity index (χ2v) is 6.34. The van der Waals surface area contributed by atoms with Crippen LogP contribution in [-0.4, -0.2) is 20.3 Å². The first kappa shape index (κ1) is 13.8. The maximum atomic E-state index is 11.7. The lowest BCUT2D eigenvalue weighted by Crippen LogP contribution is -2.22. The Morgan fingerprint density at radius 1 is 1.35 bits per heavy atom. The third-order valence-corrected chi connectivity index (χ3v) is 4.13. The van der Waals surface area contributed by atoms with Gasteiger partial charge < -0.3 is 4.74 Å². The molecule has 0 heterocycles. The minimum atomic E-state index is -3.29. The van der Waals surface area contributed by atoms with Crippen molar-refractivity contribution in [3.63, 3.8) is 0 Å². The molecule has 96 valence electrons. The Hall–Kier alpha value is -1.23. The first-order valence-corrected chi connectivity index (χ1v) is 7.16. The van der Waals surface area contributed by atoms with Crippen molar-refractivity contribution in [2.45, 2.75) is 32.9 Å². The van der Waals surface area contributed by atoms with Gasteiger partial charge in [0.1, 0.15) is 5.75 Å². The van der Waals surface area contributed by atoms with Crippen molar-refractivity contribution in [2.75, 3.05) is 11.3 Å². The maximum Gasteiger partial charge on any atom is 0.235 e. The molecule has 5 heteroatoms. The molecule has 4 nitrogen and oxygen atoms in total. The Balaban J connectivity index is 2.94. The third kappa shape index (κ3) is 3.63. The maximum absolute atomic E-state index is 11.7. The van der Waals surface area contributed by atoms with E-state index in [2.05, 4.69) is 4.72 Å². The molecular weight excluding hydrogens is 238 g/mol. The van der Waals surface area contributed by atoms with Crippen molar-refractivity contribution < 1.29 is 13.2 Å². The number of hydrogen-bond donors (Lipinski definition) is 1. The molecule has 1 N–H and O–H groups in total. The average molecular weight is 257 g/mol. The number of nitrogens with one attached hydrogen (secondary N) is 1. The first-order valence-electron chi connectivity index (χ1n) is 5.62. The van der Waals surface area contributed by atoms with Gasteiger partial charge in [-0.3, -0.25) is 4.72 Å². The van der Waals surface area contributed by atoms with Crippen LogP contribution in [-0.2, 0) is 10.0 Å². The average Bonchev–Trinajstić information content (AvgIpc) is 2.22. The highest BCUT2D eigenvalue weighted by molar-refractivity contribution is 7.93. The summed E-state index contributed by atoms with van der Waals surface area (Å²) in [7, 11) is -3.29. The summed E-state index contributed by atoms with van der Waals surface area (Å²) < 4.78 is 31.4. The standard InChI is InChI=1S/C12H19NO3S/c1-5-16-11-6-7-12(10(4)8-11)13-17(14,15)9(2)3/h6-9,13H,5H2,1-4H3. The number of aryl methyl sites for hydroxylation is 1. The number of rotatable bonds is 5. The van der Waals surface area contributed by atoms with Gasteiger partial charge in [0, 0.05) is 0 Å². The lowest BCUT2D eigenvalue weighted by Gasteiger charge is -2.13. The first-order chi connectivity index (χ1) is 7.86. The molecule has 0 saturated heterocycles. The van der Waals surface area contributed by atoms with Gasteiger partial charge in [0.15, 0.2) is 0 Å². The molecular formula is C12H19NO3S. The number of benzene rings is 1. The molecule has 17 heavy (non-hydrogen) atoms. The smallest absolute Gasteiger partial charge is 0.235 e. The number of hydrogen-bond acceptors (Lipinski definition) is 3. The predicted molar refractivity (Wildman–Crippen MR) is 70.0 cm³/mol. The van der Waals surface area contributed by atoms with Crippen molar-refractivity contribution in [2.24, 2.45) is 0 Å². The molecule has 0 aliphatic heterocycles. The van der Waals surface area contributed by atoms with Gasteiger partial charge in [-0.15, -0.1) is 0 Å². The van der Waals surface area contributed by atoms with E-state index in [-0.39, 0.29) is 0 Å². The molecule has 0 radical (unpaired) electrons. The Labute approximate surface area is 103 Å². The zero-order valence-electron chi connectivity index (χ0n) is 10.6. The summed E-state index contributed by atoms with van der Waals surface area (Å²) in [5, 5.41) is -0.450. The predicted octanol–water partition coefficient (Wildman–Crippen LogP) is 2.54. The summed E-state index contributed by atoms with van der Waals surface area (Å²) in [6, 6.07) is 5.30. The van der Waals surface area contributed by atoms with Crippen LogP contribution in [0, 0.1) is 6.92 Å². The van der Waals surface area contributed by atoms with Gasteiger partial charge in [-0.25, -0.2) is 8.42 Å². The van der Waals surface area contributed by atoms with Crippen molar-refractivity contribution in [3.05, 3.63) is 23.8 Å². The highest BCUT2D eigenvalue weighted by Crippen LogP contribution is 2.22. The van der Waals surface area contributed by atoms with Gasteiger partial charge >= 0.3 is 0 Å². The van der Waals surface area contributed by atoms with Crippen molar-refractivity contribution in [1.29, 1.82) is 0 Å². The van der Waals surface area contributed by atoms with E-state index in [0.717, 1.165) is 11.3 Å². The Kier molecular flexibility index (Phi) is 4.40. The summed E-state index contributed by atoms with van der Waals surface area (Å²) in [5.74, 6) is 0.748. The summed E-state index contributed by atoms with van der Waals surface area (Å²) >= 11 is 0. The molecule has 1 rings (SSSR count). The fourth-order valence-electron chi connectivity index (χ4n) is 1.28. The van der Waals surface area contributed by atoms with Crippen molar-refractivity contribution in [3.8, 4) is 5.75 Å². The molecule has 0 aromatic heterocycles. The summed E-state index contributed by atoms with van der Waals surface area (Å²) in [6.45, 7) is 7.64. The van der Waals surface area contributed by atoms with E-state index >= 15 is 0 Å². The molecule has 0 spiro atoms. The molecule has 0 bridgehead atoms. The van der Waals surface area contributed by atoms with E-state index in [0.29, 0.717) is 12.3 Å². The lowest BCUT2D eigenvalue weighted by molar-refractivity contribution is 0.340. The van der Waals surface area contributed by atoms with Crippen LogP contribution in [0.2, 0.25) is 0 Å². The fraction of sp³-hybridized carbons (Fsp3) is 0.500. The van der Waals surface area contributed by atoms with Crippen LogP contribution in [0.4, 0.5) is 5.69 Å². The fourth-order valence-corrected chi connectivity index (χ4v) is 2.05. The Bertz CT molecular complexity index is 481. The van der Waals surface area contributed by atoms with E-state index < -0.39 is 15.3 Å². The molecule has 0 unspecified atom stereocenters. The van der Waals surface area contributed by atoms with Gasteiger partial charge in [-0.1, -0.05) is 0 Å². The molecule has 0 aliphatic rings. The minimum Gasteiger partial charge on any atom is -0.494 e. The van der Waals surface area contributed by atoms with E-state index in [1.54, 1.807) is 26.0 Å². The normalized spacial score (nSPS) is 11.6. The van der Waals surface area contributed by atoms with E-state index in [1.165, 1.54) is 0 Å².